The Kier molecular flexibility index (Phi) is 3.87. The van der Waals surface area contributed by atoms with Crippen LogP contribution in [0.3, 0.4) is 0 Å². The topological polar surface area (TPSA) is 93.2 Å². The van der Waals surface area contributed by atoms with E-state index in [-0.39, 0.29) is 0 Å². The summed E-state index contributed by atoms with van der Waals surface area (Å²) in [4.78, 5) is 4.17. The Morgan fingerprint density at radius 1 is 1.24 bits per heavy atom. The molecule has 1 atom stereocenters. The predicted octanol–water partition coefficient (Wildman–Crippen LogP) is 1.67. The van der Waals surface area contributed by atoms with Crippen molar-refractivity contribution in [2.75, 3.05) is 11.9 Å². The van der Waals surface area contributed by atoms with E-state index in [0.29, 0.717) is 18.0 Å². The van der Waals surface area contributed by atoms with Crippen LogP contribution < -0.4 is 5.32 Å². The minimum absolute atomic E-state index is 0.297. The molecule has 8 heteroatoms. The van der Waals surface area contributed by atoms with Crippen LogP contribution >= 0.6 is 0 Å². The van der Waals surface area contributed by atoms with Crippen LogP contribution in [-0.2, 0) is 7.05 Å². The van der Waals surface area contributed by atoms with Gasteiger partial charge in [-0.2, -0.15) is 9.61 Å². The zero-order valence-electron chi connectivity index (χ0n) is 13.6. The first-order valence-electron chi connectivity index (χ1n) is 7.88. The second-order valence-electron chi connectivity index (χ2n) is 5.70. The molecule has 1 unspecified atom stereocenters. The number of benzene rings is 1. The van der Waals surface area contributed by atoms with Gasteiger partial charge in [0.1, 0.15) is 18.3 Å². The molecule has 0 saturated carbocycles. The molecule has 2 N–H and O–H groups in total. The quantitative estimate of drug-likeness (QED) is 0.576. The number of fused-ring (bicyclic) bond motifs is 1. The SMILES string of the molecule is Cn1ccnc1C(O)CNc1cc(-c2ccccc2)nn2cnnc12. The third-order valence-corrected chi connectivity index (χ3v) is 3.98. The zero-order chi connectivity index (χ0) is 17.2. The maximum atomic E-state index is 10.4. The van der Waals surface area contributed by atoms with E-state index in [1.165, 1.54) is 0 Å². The molecule has 0 aliphatic heterocycles. The minimum Gasteiger partial charge on any atom is -0.383 e. The highest BCUT2D eigenvalue weighted by atomic mass is 16.3. The van der Waals surface area contributed by atoms with Gasteiger partial charge in [0.25, 0.3) is 0 Å². The molecular weight excluding hydrogens is 318 g/mol. The first-order chi connectivity index (χ1) is 12.2. The lowest BCUT2D eigenvalue weighted by atomic mass is 10.1. The van der Waals surface area contributed by atoms with Gasteiger partial charge in [0.2, 0.25) is 5.65 Å². The normalized spacial score (nSPS) is 12.4. The van der Waals surface area contributed by atoms with Crippen LogP contribution in [0, 0.1) is 0 Å². The fraction of sp³-hybridized carbons (Fsp3) is 0.176. The summed E-state index contributed by atoms with van der Waals surface area (Å²) >= 11 is 0. The Morgan fingerprint density at radius 2 is 2.08 bits per heavy atom. The smallest absolute Gasteiger partial charge is 0.200 e. The molecule has 0 aliphatic rings. The summed E-state index contributed by atoms with van der Waals surface area (Å²) in [6.45, 7) is 0.297. The molecular formula is C17H17N7O. The van der Waals surface area contributed by atoms with Crippen molar-refractivity contribution in [2.45, 2.75) is 6.10 Å². The summed E-state index contributed by atoms with van der Waals surface area (Å²) in [6, 6.07) is 11.8. The molecule has 25 heavy (non-hydrogen) atoms. The van der Waals surface area contributed by atoms with Crippen molar-refractivity contribution >= 4 is 11.3 Å². The van der Waals surface area contributed by atoms with Crippen LogP contribution in [0.5, 0.6) is 0 Å². The number of aromatic nitrogens is 6. The number of aryl methyl sites for hydroxylation is 1. The summed E-state index contributed by atoms with van der Waals surface area (Å²) in [5.74, 6) is 0.599. The number of hydrogen-bond donors (Lipinski definition) is 2. The molecule has 1 aromatic carbocycles. The lowest BCUT2D eigenvalue weighted by Crippen LogP contribution is -2.16. The summed E-state index contributed by atoms with van der Waals surface area (Å²) in [5, 5.41) is 26.1. The number of imidazole rings is 1. The number of aliphatic hydroxyl groups is 1. The third kappa shape index (κ3) is 2.94. The van der Waals surface area contributed by atoms with Gasteiger partial charge in [0.05, 0.1) is 11.4 Å². The van der Waals surface area contributed by atoms with Gasteiger partial charge in [-0.1, -0.05) is 30.3 Å². The number of nitrogens with one attached hydrogen (secondary N) is 1. The van der Waals surface area contributed by atoms with Crippen LogP contribution in [0.15, 0.2) is 55.1 Å². The number of aliphatic hydroxyl groups excluding tert-OH is 1. The average Bonchev–Trinajstić information content (AvgIpc) is 3.28. The number of anilines is 1. The summed E-state index contributed by atoms with van der Waals surface area (Å²) in [7, 11) is 1.85. The first-order valence-corrected chi connectivity index (χ1v) is 7.88. The number of rotatable bonds is 5. The molecule has 0 amide bonds. The van der Waals surface area contributed by atoms with E-state index in [2.05, 4.69) is 25.6 Å². The van der Waals surface area contributed by atoms with E-state index in [9.17, 15) is 5.11 Å². The Balaban J connectivity index is 1.64. The van der Waals surface area contributed by atoms with Crippen molar-refractivity contribution in [3.8, 4) is 11.3 Å². The van der Waals surface area contributed by atoms with E-state index >= 15 is 0 Å². The van der Waals surface area contributed by atoms with Crippen molar-refractivity contribution in [3.63, 3.8) is 0 Å². The predicted molar refractivity (Wildman–Crippen MR) is 92.9 cm³/mol. The van der Waals surface area contributed by atoms with Crippen molar-refractivity contribution in [1.29, 1.82) is 0 Å². The summed E-state index contributed by atoms with van der Waals surface area (Å²) in [5.41, 5.74) is 3.14. The number of hydrogen-bond acceptors (Lipinski definition) is 6. The molecule has 3 heterocycles. The Labute approximate surface area is 143 Å². The van der Waals surface area contributed by atoms with Gasteiger partial charge >= 0.3 is 0 Å². The van der Waals surface area contributed by atoms with Crippen LogP contribution in [0.25, 0.3) is 16.9 Å². The second kappa shape index (κ2) is 6.33. The maximum absolute atomic E-state index is 10.4. The molecule has 4 aromatic rings. The molecule has 0 fully saturated rings. The lowest BCUT2D eigenvalue weighted by molar-refractivity contribution is 0.178. The van der Waals surface area contributed by atoms with Gasteiger partial charge in [-0.3, -0.25) is 0 Å². The molecule has 0 aliphatic carbocycles. The van der Waals surface area contributed by atoms with E-state index in [0.717, 1.165) is 16.9 Å². The van der Waals surface area contributed by atoms with Crippen LogP contribution in [-0.4, -0.2) is 41.0 Å². The third-order valence-electron chi connectivity index (χ3n) is 3.98. The van der Waals surface area contributed by atoms with Crippen molar-refractivity contribution in [2.24, 2.45) is 7.05 Å². The van der Waals surface area contributed by atoms with Crippen LogP contribution in [0.1, 0.15) is 11.9 Å². The van der Waals surface area contributed by atoms with E-state index < -0.39 is 6.10 Å². The largest absolute Gasteiger partial charge is 0.383 e. The molecule has 126 valence electrons. The van der Waals surface area contributed by atoms with Crippen molar-refractivity contribution in [1.82, 2.24) is 29.4 Å². The van der Waals surface area contributed by atoms with Gasteiger partial charge in [0, 0.05) is 31.5 Å². The van der Waals surface area contributed by atoms with E-state index in [1.807, 2.05) is 43.4 Å². The molecule has 0 radical (unpaired) electrons. The van der Waals surface area contributed by atoms with E-state index in [4.69, 9.17) is 0 Å². The van der Waals surface area contributed by atoms with Gasteiger partial charge < -0.3 is 15.0 Å². The molecule has 0 saturated heterocycles. The highest BCUT2D eigenvalue weighted by Crippen LogP contribution is 2.23. The molecule has 8 nitrogen and oxygen atoms in total. The van der Waals surface area contributed by atoms with Crippen molar-refractivity contribution in [3.05, 3.63) is 60.9 Å². The Hall–Kier alpha value is -3.26. The minimum atomic E-state index is -0.740. The molecule has 0 bridgehead atoms. The fourth-order valence-corrected chi connectivity index (χ4v) is 2.70. The van der Waals surface area contributed by atoms with Gasteiger partial charge in [-0.05, 0) is 6.07 Å². The monoisotopic (exact) mass is 335 g/mol. The van der Waals surface area contributed by atoms with Gasteiger partial charge in [0.15, 0.2) is 0 Å². The fourth-order valence-electron chi connectivity index (χ4n) is 2.70. The highest BCUT2D eigenvalue weighted by Gasteiger charge is 2.14. The first kappa shape index (κ1) is 15.3. The van der Waals surface area contributed by atoms with Crippen LogP contribution in [0.2, 0.25) is 0 Å². The van der Waals surface area contributed by atoms with Crippen molar-refractivity contribution < 1.29 is 5.11 Å². The molecule has 4 rings (SSSR count). The van der Waals surface area contributed by atoms with Gasteiger partial charge in [-0.25, -0.2) is 4.98 Å². The molecule has 0 spiro atoms. The van der Waals surface area contributed by atoms with Crippen LogP contribution in [0.4, 0.5) is 5.69 Å². The second-order valence-corrected chi connectivity index (χ2v) is 5.70. The maximum Gasteiger partial charge on any atom is 0.200 e. The number of nitrogens with zero attached hydrogens (tertiary/aromatic N) is 6. The summed E-state index contributed by atoms with van der Waals surface area (Å²) < 4.78 is 3.42. The van der Waals surface area contributed by atoms with Gasteiger partial charge in [-0.15, -0.1) is 10.2 Å². The Bertz CT molecular complexity index is 993. The zero-order valence-corrected chi connectivity index (χ0v) is 13.6. The standard InChI is InChI=1S/C17H17N7O/c1-23-8-7-18-17(23)15(25)10-19-14-9-13(12-5-3-2-4-6-12)22-24-11-20-21-16(14)24/h2-9,11,15,19,25H,10H2,1H3. The van der Waals surface area contributed by atoms with E-state index in [1.54, 1.807) is 27.8 Å². The molecule has 3 aromatic heterocycles. The highest BCUT2D eigenvalue weighted by molar-refractivity contribution is 5.73. The average molecular weight is 335 g/mol. The lowest BCUT2D eigenvalue weighted by Gasteiger charge is -2.14. The Morgan fingerprint density at radius 3 is 2.84 bits per heavy atom. The summed E-state index contributed by atoms with van der Waals surface area (Å²) in [6.07, 6.45) is 4.28.